The van der Waals surface area contributed by atoms with Crippen molar-refractivity contribution < 1.29 is 9.13 Å². The van der Waals surface area contributed by atoms with Crippen LogP contribution in [0.4, 0.5) is 4.39 Å². The van der Waals surface area contributed by atoms with E-state index in [-0.39, 0.29) is 6.04 Å². The van der Waals surface area contributed by atoms with Crippen LogP contribution in [0.25, 0.3) is 0 Å². The number of rotatable bonds is 7. The molecule has 0 aromatic carbocycles. The summed E-state index contributed by atoms with van der Waals surface area (Å²) < 4.78 is 19.5. The molecule has 1 fully saturated rings. The lowest BCUT2D eigenvalue weighted by atomic mass is 9.92. The molecule has 0 bridgehead atoms. The van der Waals surface area contributed by atoms with Crippen molar-refractivity contribution in [3.8, 4) is 0 Å². The Morgan fingerprint density at radius 2 is 2.19 bits per heavy atom. The molecule has 0 amide bonds. The Labute approximate surface area is 98.9 Å². The molecule has 0 radical (unpaired) electrons. The average Bonchev–Trinajstić information content (AvgIpc) is 2.25. The Hall–Kier alpha value is -0.150. The van der Waals surface area contributed by atoms with Crippen molar-refractivity contribution in [3.63, 3.8) is 0 Å². The molecule has 1 N–H and O–H groups in total. The first-order valence-corrected chi connectivity index (χ1v) is 6.64. The first kappa shape index (κ1) is 13.9. The van der Waals surface area contributed by atoms with Gasteiger partial charge in [-0.2, -0.15) is 0 Å². The maximum atomic E-state index is 14.2. The van der Waals surface area contributed by atoms with Gasteiger partial charge in [-0.25, -0.2) is 4.39 Å². The largest absolute Gasteiger partial charge is 0.379 e. The van der Waals surface area contributed by atoms with Crippen molar-refractivity contribution in [2.75, 3.05) is 19.8 Å². The van der Waals surface area contributed by atoms with E-state index in [9.17, 15) is 4.39 Å². The second kappa shape index (κ2) is 7.23. The lowest BCUT2D eigenvalue weighted by Gasteiger charge is -2.30. The molecular weight excluding hydrogens is 205 g/mol. The molecule has 1 saturated heterocycles. The molecule has 1 aliphatic rings. The van der Waals surface area contributed by atoms with Crippen molar-refractivity contribution in [2.24, 2.45) is 0 Å². The smallest absolute Gasteiger partial charge is 0.109 e. The quantitative estimate of drug-likeness (QED) is 0.680. The number of hydrogen-bond acceptors (Lipinski definition) is 2. The Morgan fingerprint density at radius 1 is 1.38 bits per heavy atom. The molecule has 2 unspecified atom stereocenters. The zero-order valence-corrected chi connectivity index (χ0v) is 10.7. The third kappa shape index (κ3) is 5.80. The first-order valence-electron chi connectivity index (χ1n) is 6.64. The highest BCUT2D eigenvalue weighted by Crippen LogP contribution is 2.25. The topological polar surface area (TPSA) is 21.3 Å². The van der Waals surface area contributed by atoms with Gasteiger partial charge in [-0.3, -0.25) is 0 Å². The molecule has 0 spiro atoms. The van der Waals surface area contributed by atoms with E-state index in [0.717, 1.165) is 26.0 Å². The summed E-state index contributed by atoms with van der Waals surface area (Å²) in [5.41, 5.74) is -1.04. The van der Waals surface area contributed by atoms with Crippen molar-refractivity contribution in [2.45, 2.75) is 64.1 Å². The predicted molar refractivity (Wildman–Crippen MR) is 65.5 cm³/mol. The molecule has 3 heteroatoms. The predicted octanol–water partition coefficient (Wildman–Crippen LogP) is 3.06. The normalized spacial score (nSPS) is 25.3. The summed E-state index contributed by atoms with van der Waals surface area (Å²) in [6.45, 7) is 6.19. The minimum absolute atomic E-state index is 0.204. The Balaban J connectivity index is 2.16. The summed E-state index contributed by atoms with van der Waals surface area (Å²) >= 11 is 0. The number of hydrogen-bond donors (Lipinski definition) is 1. The second-order valence-electron chi connectivity index (χ2n) is 5.15. The molecule has 0 aromatic rings. The number of ether oxygens (including phenoxy) is 1. The monoisotopic (exact) mass is 231 g/mol. The molecule has 1 aliphatic heterocycles. The number of unbranched alkanes of at least 4 members (excludes halogenated alkanes) is 3. The van der Waals surface area contributed by atoms with Crippen molar-refractivity contribution in [3.05, 3.63) is 0 Å². The van der Waals surface area contributed by atoms with Gasteiger partial charge in [0, 0.05) is 12.6 Å². The Morgan fingerprint density at radius 3 is 2.81 bits per heavy atom. The van der Waals surface area contributed by atoms with Gasteiger partial charge in [0.25, 0.3) is 0 Å². The van der Waals surface area contributed by atoms with Crippen molar-refractivity contribution >= 4 is 0 Å². The van der Waals surface area contributed by atoms with E-state index in [1.807, 2.05) is 0 Å². The van der Waals surface area contributed by atoms with E-state index in [1.54, 1.807) is 6.92 Å². The van der Waals surface area contributed by atoms with Crippen LogP contribution in [-0.2, 0) is 4.74 Å². The van der Waals surface area contributed by atoms with Crippen molar-refractivity contribution in [1.29, 1.82) is 0 Å². The molecule has 0 aliphatic carbocycles. The highest BCUT2D eigenvalue weighted by molar-refractivity contribution is 4.82. The van der Waals surface area contributed by atoms with Crippen LogP contribution in [0, 0.1) is 0 Å². The standard InChI is InChI=1S/C13H26FNO/c1-3-4-5-6-7-13(2,14)10-12-11-16-9-8-15-12/h12,15H,3-11H2,1-2H3. The SMILES string of the molecule is CCCCCCC(C)(F)CC1COCCN1. The van der Waals surface area contributed by atoms with Gasteiger partial charge in [0.2, 0.25) is 0 Å². The van der Waals surface area contributed by atoms with Crippen LogP contribution in [0.3, 0.4) is 0 Å². The number of alkyl halides is 1. The van der Waals surface area contributed by atoms with Gasteiger partial charge in [-0.05, 0) is 19.8 Å². The van der Waals surface area contributed by atoms with Crippen LogP contribution < -0.4 is 5.32 Å². The molecule has 1 heterocycles. The van der Waals surface area contributed by atoms with Gasteiger partial charge in [-0.1, -0.05) is 32.6 Å². The number of halogens is 1. The van der Waals surface area contributed by atoms with Gasteiger partial charge in [0.05, 0.1) is 13.2 Å². The van der Waals surface area contributed by atoms with Crippen LogP contribution in [0.15, 0.2) is 0 Å². The summed E-state index contributed by atoms with van der Waals surface area (Å²) in [5, 5.41) is 3.31. The lowest BCUT2D eigenvalue weighted by molar-refractivity contribution is 0.0451. The number of morpholine rings is 1. The summed E-state index contributed by atoms with van der Waals surface area (Å²) in [7, 11) is 0. The molecule has 2 nitrogen and oxygen atoms in total. The van der Waals surface area contributed by atoms with Gasteiger partial charge in [-0.15, -0.1) is 0 Å². The van der Waals surface area contributed by atoms with E-state index in [4.69, 9.17) is 4.74 Å². The fourth-order valence-electron chi connectivity index (χ4n) is 2.29. The van der Waals surface area contributed by atoms with Crippen LogP contribution >= 0.6 is 0 Å². The molecular formula is C13H26FNO. The molecule has 0 aromatic heterocycles. The van der Waals surface area contributed by atoms with E-state index in [1.165, 1.54) is 12.8 Å². The van der Waals surface area contributed by atoms with E-state index >= 15 is 0 Å². The minimum Gasteiger partial charge on any atom is -0.379 e. The van der Waals surface area contributed by atoms with Gasteiger partial charge in [0.15, 0.2) is 0 Å². The molecule has 1 rings (SSSR count). The summed E-state index contributed by atoms with van der Waals surface area (Å²) in [6.07, 6.45) is 5.87. The molecule has 2 atom stereocenters. The number of nitrogens with one attached hydrogen (secondary N) is 1. The zero-order chi connectivity index (χ0) is 11.9. The van der Waals surface area contributed by atoms with Crippen LogP contribution in [0.2, 0.25) is 0 Å². The lowest BCUT2D eigenvalue weighted by Crippen LogP contribution is -2.44. The maximum Gasteiger partial charge on any atom is 0.109 e. The second-order valence-corrected chi connectivity index (χ2v) is 5.15. The highest BCUT2D eigenvalue weighted by Gasteiger charge is 2.28. The minimum atomic E-state index is -1.04. The molecule has 96 valence electrons. The van der Waals surface area contributed by atoms with Crippen molar-refractivity contribution in [1.82, 2.24) is 5.32 Å². The zero-order valence-electron chi connectivity index (χ0n) is 10.7. The van der Waals surface area contributed by atoms with E-state index in [0.29, 0.717) is 19.4 Å². The summed E-state index contributed by atoms with van der Waals surface area (Å²) in [5.74, 6) is 0. The fraction of sp³-hybridized carbons (Fsp3) is 1.00. The van der Waals surface area contributed by atoms with Crippen LogP contribution in [0.5, 0.6) is 0 Å². The van der Waals surface area contributed by atoms with Gasteiger partial charge < -0.3 is 10.1 Å². The third-order valence-electron chi connectivity index (χ3n) is 3.22. The van der Waals surface area contributed by atoms with Crippen LogP contribution in [-0.4, -0.2) is 31.5 Å². The van der Waals surface area contributed by atoms with E-state index in [2.05, 4.69) is 12.2 Å². The highest BCUT2D eigenvalue weighted by atomic mass is 19.1. The first-order chi connectivity index (χ1) is 7.64. The van der Waals surface area contributed by atoms with Crippen LogP contribution in [0.1, 0.15) is 52.4 Å². The van der Waals surface area contributed by atoms with Gasteiger partial charge >= 0.3 is 0 Å². The Kier molecular flexibility index (Phi) is 6.29. The molecule has 16 heavy (non-hydrogen) atoms. The molecule has 0 saturated carbocycles. The fourth-order valence-corrected chi connectivity index (χ4v) is 2.29. The van der Waals surface area contributed by atoms with E-state index < -0.39 is 5.67 Å². The summed E-state index contributed by atoms with van der Waals surface area (Å²) in [6, 6.07) is 0.204. The third-order valence-corrected chi connectivity index (χ3v) is 3.22. The summed E-state index contributed by atoms with van der Waals surface area (Å²) in [4.78, 5) is 0. The Bertz CT molecular complexity index is 179. The van der Waals surface area contributed by atoms with Gasteiger partial charge in [0.1, 0.15) is 5.67 Å². The maximum absolute atomic E-state index is 14.2. The average molecular weight is 231 g/mol.